The van der Waals surface area contributed by atoms with Crippen LogP contribution in [0.5, 0.6) is 5.75 Å². The van der Waals surface area contributed by atoms with E-state index in [0.717, 1.165) is 0 Å². The first-order valence-corrected chi connectivity index (χ1v) is 5.64. The minimum absolute atomic E-state index is 0.0930. The number of ether oxygens (including phenoxy) is 1. The van der Waals surface area contributed by atoms with E-state index in [4.69, 9.17) is 9.52 Å². The van der Waals surface area contributed by atoms with Gasteiger partial charge in [-0.25, -0.2) is 0 Å². The van der Waals surface area contributed by atoms with Crippen molar-refractivity contribution < 1.29 is 23.0 Å². The van der Waals surface area contributed by atoms with Crippen LogP contribution in [0.2, 0.25) is 0 Å². The van der Waals surface area contributed by atoms with Crippen LogP contribution < -0.4 is 10.1 Å². The molecule has 0 amide bonds. The van der Waals surface area contributed by atoms with E-state index in [9.17, 15) is 8.78 Å². The number of rotatable bonds is 6. The minimum Gasteiger partial charge on any atom is -0.462 e. The van der Waals surface area contributed by atoms with Crippen molar-refractivity contribution in [2.75, 3.05) is 5.32 Å². The van der Waals surface area contributed by atoms with E-state index in [2.05, 4.69) is 10.1 Å². The highest BCUT2D eigenvalue weighted by atomic mass is 19.3. The van der Waals surface area contributed by atoms with Crippen LogP contribution >= 0.6 is 0 Å². The number of halogens is 2. The molecule has 1 aromatic heterocycles. The summed E-state index contributed by atoms with van der Waals surface area (Å²) in [6, 6.07) is 9.68. The van der Waals surface area contributed by atoms with E-state index < -0.39 is 6.61 Å². The van der Waals surface area contributed by atoms with Gasteiger partial charge in [-0.05, 0) is 24.3 Å². The molecule has 6 heteroatoms. The highest BCUT2D eigenvalue weighted by molar-refractivity contribution is 5.48. The Morgan fingerprint density at radius 1 is 1.21 bits per heavy atom. The predicted octanol–water partition coefficient (Wildman–Crippen LogP) is 2.99. The number of hydrogen-bond acceptors (Lipinski definition) is 4. The number of benzene rings is 1. The number of furan rings is 1. The van der Waals surface area contributed by atoms with Gasteiger partial charge in [-0.1, -0.05) is 6.07 Å². The fraction of sp³-hybridized carbons (Fsp3) is 0.231. The molecule has 19 heavy (non-hydrogen) atoms. The summed E-state index contributed by atoms with van der Waals surface area (Å²) in [4.78, 5) is 0. The van der Waals surface area contributed by atoms with Crippen LogP contribution in [0.3, 0.4) is 0 Å². The van der Waals surface area contributed by atoms with Gasteiger partial charge in [0.1, 0.15) is 23.9 Å². The lowest BCUT2D eigenvalue weighted by Crippen LogP contribution is -2.03. The highest BCUT2D eigenvalue weighted by Gasteiger charge is 2.05. The fourth-order valence-corrected chi connectivity index (χ4v) is 1.57. The summed E-state index contributed by atoms with van der Waals surface area (Å²) < 4.78 is 33.7. The Bertz CT molecular complexity index is 528. The first-order chi connectivity index (χ1) is 9.17. The van der Waals surface area contributed by atoms with Crippen LogP contribution in [-0.4, -0.2) is 11.7 Å². The van der Waals surface area contributed by atoms with Gasteiger partial charge < -0.3 is 19.6 Å². The molecule has 0 bridgehead atoms. The quantitative estimate of drug-likeness (QED) is 0.846. The maximum Gasteiger partial charge on any atom is 0.387 e. The Morgan fingerprint density at radius 3 is 2.68 bits per heavy atom. The molecule has 0 aliphatic heterocycles. The van der Waals surface area contributed by atoms with Crippen molar-refractivity contribution in [2.45, 2.75) is 19.8 Å². The number of anilines is 1. The fourth-order valence-electron chi connectivity index (χ4n) is 1.57. The molecular weight excluding hydrogens is 256 g/mol. The van der Waals surface area contributed by atoms with E-state index in [1.807, 2.05) is 0 Å². The molecule has 4 nitrogen and oxygen atoms in total. The van der Waals surface area contributed by atoms with Crippen LogP contribution in [0.15, 0.2) is 40.8 Å². The normalized spacial score (nSPS) is 10.7. The van der Waals surface area contributed by atoms with Gasteiger partial charge >= 0.3 is 6.61 Å². The van der Waals surface area contributed by atoms with E-state index in [-0.39, 0.29) is 12.4 Å². The molecule has 2 aromatic rings. The van der Waals surface area contributed by atoms with Crippen LogP contribution in [0, 0.1) is 0 Å². The Hall–Kier alpha value is -2.08. The van der Waals surface area contributed by atoms with Crippen molar-refractivity contribution in [1.82, 2.24) is 0 Å². The second-order valence-electron chi connectivity index (χ2n) is 3.79. The van der Waals surface area contributed by atoms with Gasteiger partial charge in [0.2, 0.25) is 0 Å². The number of alkyl halides is 2. The molecular formula is C13H13F2NO3. The summed E-state index contributed by atoms with van der Waals surface area (Å²) >= 11 is 0. The van der Waals surface area contributed by atoms with Crippen LogP contribution in [0.25, 0.3) is 0 Å². The molecule has 2 rings (SSSR count). The molecule has 0 aliphatic carbocycles. The van der Waals surface area contributed by atoms with Gasteiger partial charge in [0.05, 0.1) is 6.54 Å². The number of hydrogen-bond donors (Lipinski definition) is 2. The SMILES string of the molecule is OCc1ccc(CNc2cccc(OC(F)F)c2)o1. The van der Waals surface area contributed by atoms with Crippen molar-refractivity contribution in [3.8, 4) is 5.75 Å². The highest BCUT2D eigenvalue weighted by Crippen LogP contribution is 2.20. The van der Waals surface area contributed by atoms with E-state index in [0.29, 0.717) is 23.8 Å². The third-order valence-corrected chi connectivity index (χ3v) is 2.40. The molecule has 0 saturated heterocycles. The zero-order valence-electron chi connectivity index (χ0n) is 9.98. The van der Waals surface area contributed by atoms with E-state index in [1.165, 1.54) is 12.1 Å². The number of nitrogens with one attached hydrogen (secondary N) is 1. The lowest BCUT2D eigenvalue weighted by Gasteiger charge is -2.08. The Balaban J connectivity index is 1.95. The van der Waals surface area contributed by atoms with E-state index in [1.54, 1.807) is 24.3 Å². The summed E-state index contributed by atoms with van der Waals surface area (Å²) in [5.74, 6) is 1.21. The standard InChI is InChI=1S/C13H13F2NO3/c14-13(15)19-10-3-1-2-9(6-10)16-7-11-4-5-12(8-17)18-11/h1-6,13,16-17H,7-8H2. The molecule has 0 radical (unpaired) electrons. The number of aliphatic hydroxyl groups is 1. The molecule has 0 spiro atoms. The molecule has 0 atom stereocenters. The minimum atomic E-state index is -2.84. The van der Waals surface area contributed by atoms with Gasteiger partial charge in [-0.3, -0.25) is 0 Å². The summed E-state index contributed by atoms with van der Waals surface area (Å²) in [5.41, 5.74) is 0.639. The van der Waals surface area contributed by atoms with Gasteiger partial charge in [-0.15, -0.1) is 0 Å². The second-order valence-corrected chi connectivity index (χ2v) is 3.79. The van der Waals surface area contributed by atoms with Crippen molar-refractivity contribution in [3.05, 3.63) is 47.9 Å². The van der Waals surface area contributed by atoms with Crippen LogP contribution in [-0.2, 0) is 13.2 Å². The van der Waals surface area contributed by atoms with Gasteiger partial charge in [0, 0.05) is 11.8 Å². The molecule has 0 saturated carbocycles. The lowest BCUT2D eigenvalue weighted by atomic mass is 10.3. The van der Waals surface area contributed by atoms with Crippen LogP contribution in [0.4, 0.5) is 14.5 Å². The maximum atomic E-state index is 12.1. The first kappa shape index (κ1) is 13.4. The van der Waals surface area contributed by atoms with E-state index >= 15 is 0 Å². The Labute approximate surface area is 108 Å². The predicted molar refractivity (Wildman–Crippen MR) is 65.0 cm³/mol. The molecule has 102 valence electrons. The zero-order chi connectivity index (χ0) is 13.7. The summed E-state index contributed by atoms with van der Waals surface area (Å²) in [5, 5.41) is 11.9. The van der Waals surface area contributed by atoms with Crippen LogP contribution in [0.1, 0.15) is 11.5 Å². The topological polar surface area (TPSA) is 54.6 Å². The van der Waals surface area contributed by atoms with Gasteiger partial charge in [0.15, 0.2) is 0 Å². The third kappa shape index (κ3) is 3.96. The monoisotopic (exact) mass is 269 g/mol. The maximum absolute atomic E-state index is 12.1. The zero-order valence-corrected chi connectivity index (χ0v) is 9.98. The smallest absolute Gasteiger partial charge is 0.387 e. The molecule has 0 fully saturated rings. The summed E-state index contributed by atoms with van der Waals surface area (Å²) in [6.07, 6.45) is 0. The summed E-state index contributed by atoms with van der Waals surface area (Å²) in [6.45, 7) is -2.61. The Kier molecular flexibility index (Phi) is 4.35. The Morgan fingerprint density at radius 2 is 2.00 bits per heavy atom. The van der Waals surface area contributed by atoms with Crippen molar-refractivity contribution >= 4 is 5.69 Å². The number of aliphatic hydroxyl groups excluding tert-OH is 1. The average Bonchev–Trinajstić information content (AvgIpc) is 2.84. The van der Waals surface area contributed by atoms with Gasteiger partial charge in [0.25, 0.3) is 0 Å². The van der Waals surface area contributed by atoms with Crippen molar-refractivity contribution in [2.24, 2.45) is 0 Å². The van der Waals surface area contributed by atoms with Gasteiger partial charge in [-0.2, -0.15) is 8.78 Å². The lowest BCUT2D eigenvalue weighted by molar-refractivity contribution is -0.0498. The second kappa shape index (κ2) is 6.19. The first-order valence-electron chi connectivity index (χ1n) is 5.64. The molecule has 1 heterocycles. The molecule has 1 aromatic carbocycles. The largest absolute Gasteiger partial charge is 0.462 e. The average molecular weight is 269 g/mol. The molecule has 2 N–H and O–H groups in total. The molecule has 0 unspecified atom stereocenters. The summed E-state index contributed by atoms with van der Waals surface area (Å²) in [7, 11) is 0. The van der Waals surface area contributed by atoms with Crippen molar-refractivity contribution in [3.63, 3.8) is 0 Å². The third-order valence-electron chi connectivity index (χ3n) is 2.40. The van der Waals surface area contributed by atoms with Crippen molar-refractivity contribution in [1.29, 1.82) is 0 Å². The molecule has 0 aliphatic rings.